The first-order valence-electron chi connectivity index (χ1n) is 9.19. The number of unbranched alkanes of at least 4 members (excludes halogenated alkanes) is 1. The molecule has 0 aliphatic heterocycles. The average molecular weight is 356 g/mol. The van der Waals surface area contributed by atoms with Crippen LogP contribution >= 0.6 is 0 Å². The summed E-state index contributed by atoms with van der Waals surface area (Å²) in [5, 5.41) is 10.6. The lowest BCUT2D eigenvalue weighted by atomic mass is 10.0. The van der Waals surface area contributed by atoms with Crippen molar-refractivity contribution in [2.24, 2.45) is 5.92 Å². The molecule has 1 atom stereocenters. The van der Waals surface area contributed by atoms with Crippen LogP contribution in [-0.2, 0) is 6.54 Å². The summed E-state index contributed by atoms with van der Waals surface area (Å²) in [6.07, 6.45) is 1.82. The number of nitrogens with zero attached hydrogens (tertiary/aromatic N) is 2. The summed E-state index contributed by atoms with van der Waals surface area (Å²) in [4.78, 5) is 24.3. The van der Waals surface area contributed by atoms with Crippen LogP contribution in [0.5, 0.6) is 0 Å². The van der Waals surface area contributed by atoms with E-state index < -0.39 is 0 Å². The molecule has 0 aliphatic carbocycles. The molecule has 6 nitrogen and oxygen atoms in total. The molecule has 1 aromatic heterocycles. The summed E-state index contributed by atoms with van der Waals surface area (Å²) in [6, 6.07) is 12.9. The summed E-state index contributed by atoms with van der Waals surface area (Å²) in [5.41, 5.74) is 1.11. The van der Waals surface area contributed by atoms with E-state index in [1.165, 1.54) is 16.8 Å². The van der Waals surface area contributed by atoms with Gasteiger partial charge >= 0.3 is 0 Å². The Kier molecular flexibility index (Phi) is 7.38. The van der Waals surface area contributed by atoms with Gasteiger partial charge in [0.15, 0.2) is 0 Å². The van der Waals surface area contributed by atoms with Crippen LogP contribution in [0.1, 0.15) is 44.1 Å². The fraction of sp³-hybridized carbons (Fsp3) is 0.450. The maximum Gasteiger partial charge on any atom is 0.271 e. The van der Waals surface area contributed by atoms with E-state index in [-0.39, 0.29) is 23.2 Å². The van der Waals surface area contributed by atoms with E-state index >= 15 is 0 Å². The van der Waals surface area contributed by atoms with Gasteiger partial charge in [0.1, 0.15) is 5.69 Å². The minimum absolute atomic E-state index is 0.0901. The molecule has 140 valence electrons. The molecule has 0 aliphatic rings. The standard InChI is InChI=1S/C20H28N4O2/c1-4-5-13-24-19(25)12-11-17(23-24)20(26)21-14-18(15(2)3)22-16-9-7-6-8-10-16/h6-12,15,18,22H,4-5,13-14H2,1-3H3,(H,21,26). The smallest absolute Gasteiger partial charge is 0.271 e. The minimum Gasteiger partial charge on any atom is -0.380 e. The Balaban J connectivity index is 2.00. The van der Waals surface area contributed by atoms with Crippen molar-refractivity contribution in [3.05, 3.63) is 58.5 Å². The second-order valence-electron chi connectivity index (χ2n) is 6.70. The fourth-order valence-electron chi connectivity index (χ4n) is 2.53. The van der Waals surface area contributed by atoms with E-state index in [9.17, 15) is 9.59 Å². The SMILES string of the molecule is CCCCn1nc(C(=O)NCC(Nc2ccccc2)C(C)C)ccc1=O. The number of carbonyl (C=O) groups excluding carboxylic acids is 1. The van der Waals surface area contributed by atoms with Crippen molar-refractivity contribution in [1.29, 1.82) is 0 Å². The number of carbonyl (C=O) groups is 1. The van der Waals surface area contributed by atoms with Gasteiger partial charge in [-0.15, -0.1) is 0 Å². The fourth-order valence-corrected chi connectivity index (χ4v) is 2.53. The average Bonchev–Trinajstić information content (AvgIpc) is 2.64. The lowest BCUT2D eigenvalue weighted by Crippen LogP contribution is -2.40. The number of anilines is 1. The van der Waals surface area contributed by atoms with Crippen LogP contribution < -0.4 is 16.2 Å². The molecule has 0 saturated carbocycles. The Morgan fingerprint density at radius 2 is 1.88 bits per heavy atom. The molecule has 0 radical (unpaired) electrons. The largest absolute Gasteiger partial charge is 0.380 e. The Morgan fingerprint density at radius 3 is 2.54 bits per heavy atom. The lowest BCUT2D eigenvalue weighted by molar-refractivity contribution is 0.0942. The van der Waals surface area contributed by atoms with E-state index in [2.05, 4.69) is 29.6 Å². The van der Waals surface area contributed by atoms with Gasteiger partial charge in [0.2, 0.25) is 0 Å². The summed E-state index contributed by atoms with van der Waals surface area (Å²) >= 11 is 0. The Hall–Kier alpha value is -2.63. The number of nitrogens with one attached hydrogen (secondary N) is 2. The van der Waals surface area contributed by atoms with Crippen molar-refractivity contribution in [2.45, 2.75) is 46.2 Å². The molecule has 1 unspecified atom stereocenters. The van der Waals surface area contributed by atoms with Crippen LogP contribution in [0.15, 0.2) is 47.3 Å². The van der Waals surface area contributed by atoms with E-state index in [0.29, 0.717) is 19.0 Å². The van der Waals surface area contributed by atoms with Gasteiger partial charge in [0, 0.05) is 30.9 Å². The number of rotatable bonds is 9. The highest BCUT2D eigenvalue weighted by atomic mass is 16.2. The maximum absolute atomic E-state index is 12.4. The van der Waals surface area contributed by atoms with Crippen LogP contribution in [-0.4, -0.2) is 28.3 Å². The number of amides is 1. The highest BCUT2D eigenvalue weighted by Crippen LogP contribution is 2.12. The molecule has 0 spiro atoms. The Labute approximate surface area is 154 Å². The van der Waals surface area contributed by atoms with Crippen LogP contribution in [0.25, 0.3) is 0 Å². The van der Waals surface area contributed by atoms with Crippen molar-refractivity contribution in [3.8, 4) is 0 Å². The molecule has 6 heteroatoms. The number of hydrogen-bond acceptors (Lipinski definition) is 4. The molecule has 1 heterocycles. The minimum atomic E-state index is -0.268. The first kappa shape index (κ1) is 19.7. The predicted octanol–water partition coefficient (Wildman–Crippen LogP) is 2.91. The maximum atomic E-state index is 12.4. The first-order chi connectivity index (χ1) is 12.5. The number of aryl methyl sites for hydroxylation is 1. The van der Waals surface area contributed by atoms with Gasteiger partial charge in [-0.25, -0.2) is 4.68 Å². The molecule has 2 rings (SSSR count). The van der Waals surface area contributed by atoms with Gasteiger partial charge in [-0.2, -0.15) is 5.10 Å². The zero-order valence-corrected chi connectivity index (χ0v) is 15.7. The monoisotopic (exact) mass is 356 g/mol. The van der Waals surface area contributed by atoms with Gasteiger partial charge in [-0.05, 0) is 30.5 Å². The second kappa shape index (κ2) is 9.75. The van der Waals surface area contributed by atoms with E-state index in [1.54, 1.807) is 0 Å². The van der Waals surface area contributed by atoms with Gasteiger partial charge in [-0.3, -0.25) is 9.59 Å². The van der Waals surface area contributed by atoms with Crippen LogP contribution in [0.4, 0.5) is 5.69 Å². The Bertz CT molecular complexity index is 756. The van der Waals surface area contributed by atoms with E-state index in [1.807, 2.05) is 37.3 Å². The summed E-state index contributed by atoms with van der Waals surface area (Å²) in [7, 11) is 0. The number of para-hydroxylation sites is 1. The molecular formula is C20H28N4O2. The highest BCUT2D eigenvalue weighted by molar-refractivity contribution is 5.92. The first-order valence-corrected chi connectivity index (χ1v) is 9.19. The Morgan fingerprint density at radius 1 is 1.15 bits per heavy atom. The van der Waals surface area contributed by atoms with Crippen molar-refractivity contribution in [1.82, 2.24) is 15.1 Å². The van der Waals surface area contributed by atoms with E-state index in [0.717, 1.165) is 18.5 Å². The number of hydrogen-bond donors (Lipinski definition) is 2. The van der Waals surface area contributed by atoms with Gasteiger partial charge < -0.3 is 10.6 Å². The van der Waals surface area contributed by atoms with Crippen molar-refractivity contribution in [2.75, 3.05) is 11.9 Å². The third-order valence-corrected chi connectivity index (χ3v) is 4.24. The predicted molar refractivity (Wildman–Crippen MR) is 104 cm³/mol. The van der Waals surface area contributed by atoms with Crippen molar-refractivity contribution >= 4 is 11.6 Å². The van der Waals surface area contributed by atoms with Gasteiger partial charge in [-0.1, -0.05) is 45.4 Å². The van der Waals surface area contributed by atoms with Crippen LogP contribution in [0.2, 0.25) is 0 Å². The van der Waals surface area contributed by atoms with Crippen LogP contribution in [0.3, 0.4) is 0 Å². The second-order valence-corrected chi connectivity index (χ2v) is 6.70. The quantitative estimate of drug-likeness (QED) is 0.724. The zero-order chi connectivity index (χ0) is 18.9. The zero-order valence-electron chi connectivity index (χ0n) is 15.7. The van der Waals surface area contributed by atoms with Crippen molar-refractivity contribution < 1.29 is 4.79 Å². The molecule has 0 bridgehead atoms. The molecule has 0 saturated heterocycles. The summed E-state index contributed by atoms with van der Waals surface area (Å²) < 4.78 is 1.36. The molecule has 26 heavy (non-hydrogen) atoms. The van der Waals surface area contributed by atoms with Gasteiger partial charge in [0.05, 0.1) is 0 Å². The molecule has 1 amide bonds. The third-order valence-electron chi connectivity index (χ3n) is 4.24. The molecule has 2 aromatic rings. The number of aromatic nitrogens is 2. The summed E-state index contributed by atoms with van der Waals surface area (Å²) in [6.45, 7) is 7.26. The topological polar surface area (TPSA) is 76.0 Å². The normalized spacial score (nSPS) is 12.0. The lowest BCUT2D eigenvalue weighted by Gasteiger charge is -2.24. The van der Waals surface area contributed by atoms with Crippen molar-refractivity contribution in [3.63, 3.8) is 0 Å². The summed E-state index contributed by atoms with van der Waals surface area (Å²) in [5.74, 6) is 0.0673. The molecular weight excluding hydrogens is 328 g/mol. The highest BCUT2D eigenvalue weighted by Gasteiger charge is 2.16. The van der Waals surface area contributed by atoms with E-state index in [4.69, 9.17) is 0 Å². The molecule has 2 N–H and O–H groups in total. The van der Waals surface area contributed by atoms with Gasteiger partial charge in [0.25, 0.3) is 11.5 Å². The molecule has 0 fully saturated rings. The third kappa shape index (κ3) is 5.72. The number of benzene rings is 1. The molecule has 1 aromatic carbocycles. The van der Waals surface area contributed by atoms with Crippen LogP contribution in [0, 0.1) is 5.92 Å².